The fourth-order valence-electron chi connectivity index (χ4n) is 1.06. The molecule has 1 rings (SSSR count). The molecular weight excluding hydrogens is 186 g/mol. The summed E-state index contributed by atoms with van der Waals surface area (Å²) in [7, 11) is 1.66. The summed E-state index contributed by atoms with van der Waals surface area (Å²) in [5, 5.41) is 10.6. The molecule has 0 saturated heterocycles. The summed E-state index contributed by atoms with van der Waals surface area (Å²) in [5.41, 5.74) is 6.26. The van der Waals surface area contributed by atoms with E-state index < -0.39 is 18.4 Å². The van der Waals surface area contributed by atoms with Crippen molar-refractivity contribution in [2.45, 2.75) is 0 Å². The fraction of sp³-hybridized carbons (Fsp3) is 0.250. The summed E-state index contributed by atoms with van der Waals surface area (Å²) in [6, 6.07) is 1.48. The molecule has 0 atom stereocenters. The molecule has 0 fully saturated rings. The second-order valence-corrected chi connectivity index (χ2v) is 2.85. The van der Waals surface area contributed by atoms with Gasteiger partial charge in [0.1, 0.15) is 12.2 Å². The second kappa shape index (κ2) is 3.82. The summed E-state index contributed by atoms with van der Waals surface area (Å²) in [6.07, 6.45) is 1.58. The number of carbonyl (C=O) groups is 2. The van der Waals surface area contributed by atoms with E-state index in [1.807, 2.05) is 0 Å². The molecule has 14 heavy (non-hydrogen) atoms. The molecule has 0 saturated carbocycles. The highest BCUT2D eigenvalue weighted by Gasteiger charge is 2.11. The van der Waals surface area contributed by atoms with Crippen LogP contribution in [0.25, 0.3) is 0 Å². The minimum Gasteiger partial charge on any atom is -0.480 e. The zero-order chi connectivity index (χ0) is 10.7. The van der Waals surface area contributed by atoms with Crippen LogP contribution in [0.1, 0.15) is 10.5 Å². The molecule has 1 amide bonds. The van der Waals surface area contributed by atoms with Crippen LogP contribution in [0.15, 0.2) is 12.3 Å². The molecule has 0 aliphatic rings. The van der Waals surface area contributed by atoms with Crippen LogP contribution in [0, 0.1) is 0 Å². The number of anilines is 1. The van der Waals surface area contributed by atoms with E-state index >= 15 is 0 Å². The van der Waals surface area contributed by atoms with E-state index in [-0.39, 0.29) is 0 Å². The van der Waals surface area contributed by atoms with E-state index in [1.165, 1.54) is 10.6 Å². The molecule has 6 heteroatoms. The maximum atomic E-state index is 11.3. The number of carboxylic acids is 1. The first-order valence-corrected chi connectivity index (χ1v) is 3.92. The highest BCUT2D eigenvalue weighted by Crippen LogP contribution is 2.07. The lowest BCUT2D eigenvalue weighted by Crippen LogP contribution is -2.30. The number of aryl methyl sites for hydroxylation is 1. The molecule has 0 aromatic carbocycles. The Morgan fingerprint density at radius 1 is 1.64 bits per heavy atom. The quantitative estimate of drug-likeness (QED) is 0.604. The van der Waals surface area contributed by atoms with Crippen LogP contribution >= 0.6 is 0 Å². The Hall–Kier alpha value is -1.98. The van der Waals surface area contributed by atoms with Gasteiger partial charge in [-0.1, -0.05) is 0 Å². The molecule has 0 spiro atoms. The topological polar surface area (TPSA) is 97.4 Å². The number of carbonyl (C=O) groups excluding carboxylic acids is 1. The molecule has 1 aromatic heterocycles. The first kappa shape index (κ1) is 10.1. The molecule has 0 unspecified atom stereocenters. The van der Waals surface area contributed by atoms with Gasteiger partial charge in [-0.15, -0.1) is 0 Å². The second-order valence-electron chi connectivity index (χ2n) is 2.85. The van der Waals surface area contributed by atoms with Crippen molar-refractivity contribution < 1.29 is 14.7 Å². The van der Waals surface area contributed by atoms with Gasteiger partial charge in [-0.2, -0.15) is 0 Å². The van der Waals surface area contributed by atoms with Gasteiger partial charge in [0, 0.05) is 13.2 Å². The Morgan fingerprint density at radius 2 is 2.29 bits per heavy atom. The van der Waals surface area contributed by atoms with Gasteiger partial charge in [0.25, 0.3) is 5.91 Å². The predicted octanol–water partition coefficient (Wildman–Crippen LogP) is -0.578. The molecule has 0 aliphatic carbocycles. The maximum absolute atomic E-state index is 11.3. The highest BCUT2D eigenvalue weighted by molar-refractivity contribution is 5.95. The third-order valence-electron chi connectivity index (χ3n) is 1.66. The lowest BCUT2D eigenvalue weighted by Gasteiger charge is -2.02. The smallest absolute Gasteiger partial charge is 0.322 e. The van der Waals surface area contributed by atoms with Crippen molar-refractivity contribution in [3.05, 3.63) is 18.0 Å². The Kier molecular flexibility index (Phi) is 2.76. The Balaban J connectivity index is 2.69. The summed E-state index contributed by atoms with van der Waals surface area (Å²) in [6.45, 7) is -0.399. The van der Waals surface area contributed by atoms with Gasteiger partial charge >= 0.3 is 5.97 Å². The van der Waals surface area contributed by atoms with E-state index in [0.717, 1.165) is 0 Å². The zero-order valence-corrected chi connectivity index (χ0v) is 7.65. The maximum Gasteiger partial charge on any atom is 0.322 e. The average molecular weight is 197 g/mol. The first-order valence-electron chi connectivity index (χ1n) is 3.92. The van der Waals surface area contributed by atoms with E-state index in [1.54, 1.807) is 13.2 Å². The highest BCUT2D eigenvalue weighted by atomic mass is 16.4. The van der Waals surface area contributed by atoms with Crippen LogP contribution in [0.4, 0.5) is 5.69 Å². The molecule has 1 heterocycles. The van der Waals surface area contributed by atoms with Crippen LogP contribution in [0.2, 0.25) is 0 Å². The van der Waals surface area contributed by atoms with Crippen molar-refractivity contribution in [3.8, 4) is 0 Å². The fourth-order valence-corrected chi connectivity index (χ4v) is 1.06. The van der Waals surface area contributed by atoms with E-state index in [4.69, 9.17) is 10.8 Å². The predicted molar refractivity (Wildman–Crippen MR) is 49.8 cm³/mol. The minimum atomic E-state index is -1.08. The van der Waals surface area contributed by atoms with Crippen LogP contribution < -0.4 is 11.1 Å². The Morgan fingerprint density at radius 3 is 2.71 bits per heavy atom. The molecule has 0 bridgehead atoms. The van der Waals surface area contributed by atoms with Crippen molar-refractivity contribution in [2.75, 3.05) is 12.3 Å². The summed E-state index contributed by atoms with van der Waals surface area (Å²) >= 11 is 0. The van der Waals surface area contributed by atoms with Gasteiger partial charge in [0.15, 0.2) is 0 Å². The van der Waals surface area contributed by atoms with Crippen molar-refractivity contribution in [1.82, 2.24) is 9.88 Å². The molecule has 1 aromatic rings. The number of amides is 1. The zero-order valence-electron chi connectivity index (χ0n) is 7.65. The summed E-state index contributed by atoms with van der Waals surface area (Å²) in [4.78, 5) is 21.5. The van der Waals surface area contributed by atoms with Crippen LogP contribution in [0.5, 0.6) is 0 Å². The molecule has 0 radical (unpaired) electrons. The normalized spacial score (nSPS) is 9.79. The van der Waals surface area contributed by atoms with E-state index in [9.17, 15) is 9.59 Å². The van der Waals surface area contributed by atoms with Crippen LogP contribution in [-0.2, 0) is 11.8 Å². The average Bonchev–Trinajstić information content (AvgIpc) is 2.41. The van der Waals surface area contributed by atoms with Gasteiger partial charge in [-0.25, -0.2) is 0 Å². The number of hydrogen-bond donors (Lipinski definition) is 3. The Labute approximate surface area is 80.3 Å². The SMILES string of the molecule is Cn1cc(N)cc1C(=O)NCC(=O)O. The third-order valence-corrected chi connectivity index (χ3v) is 1.66. The number of hydrogen-bond acceptors (Lipinski definition) is 3. The largest absolute Gasteiger partial charge is 0.480 e. The van der Waals surface area contributed by atoms with Crippen molar-refractivity contribution in [3.63, 3.8) is 0 Å². The number of rotatable bonds is 3. The number of nitrogens with one attached hydrogen (secondary N) is 1. The summed E-state index contributed by atoms with van der Waals surface area (Å²) in [5.74, 6) is -1.54. The van der Waals surface area contributed by atoms with Gasteiger partial charge in [-0.05, 0) is 6.07 Å². The van der Waals surface area contributed by atoms with Gasteiger partial charge < -0.3 is 20.7 Å². The van der Waals surface area contributed by atoms with Crippen molar-refractivity contribution in [2.24, 2.45) is 7.05 Å². The molecule has 6 nitrogen and oxygen atoms in total. The first-order chi connectivity index (χ1) is 6.50. The van der Waals surface area contributed by atoms with Gasteiger partial charge in [0.2, 0.25) is 0 Å². The third kappa shape index (κ3) is 2.25. The molecule has 4 N–H and O–H groups in total. The minimum absolute atomic E-state index is 0.337. The van der Waals surface area contributed by atoms with Crippen LogP contribution in [-0.4, -0.2) is 28.1 Å². The van der Waals surface area contributed by atoms with Gasteiger partial charge in [-0.3, -0.25) is 9.59 Å². The van der Waals surface area contributed by atoms with Crippen molar-refractivity contribution in [1.29, 1.82) is 0 Å². The number of aliphatic carboxylic acids is 1. The molecular formula is C8H11N3O3. The van der Waals surface area contributed by atoms with Crippen molar-refractivity contribution >= 4 is 17.6 Å². The Bertz CT molecular complexity index is 370. The number of aromatic nitrogens is 1. The number of nitrogen functional groups attached to an aromatic ring is 1. The number of nitrogens with zero attached hydrogens (tertiary/aromatic N) is 1. The summed E-state index contributed by atoms with van der Waals surface area (Å²) < 4.78 is 1.53. The van der Waals surface area contributed by atoms with E-state index in [0.29, 0.717) is 11.4 Å². The molecule has 76 valence electrons. The lowest BCUT2D eigenvalue weighted by molar-refractivity contribution is -0.135. The number of nitrogens with two attached hydrogens (primary N) is 1. The standard InChI is InChI=1S/C8H11N3O3/c1-11-4-5(9)2-6(11)8(14)10-3-7(12)13/h2,4H,3,9H2,1H3,(H,10,14)(H,12,13). The van der Waals surface area contributed by atoms with Crippen LogP contribution in [0.3, 0.4) is 0 Å². The van der Waals surface area contributed by atoms with E-state index in [2.05, 4.69) is 5.32 Å². The van der Waals surface area contributed by atoms with Gasteiger partial charge in [0.05, 0.1) is 5.69 Å². The number of carboxylic acid groups (broad SMARTS) is 1. The lowest BCUT2D eigenvalue weighted by atomic mass is 10.4. The molecule has 0 aliphatic heterocycles. The monoisotopic (exact) mass is 197 g/mol.